The molecule has 1 aromatic heterocycles. The van der Waals surface area contributed by atoms with Gasteiger partial charge < -0.3 is 4.90 Å². The van der Waals surface area contributed by atoms with Gasteiger partial charge in [-0.25, -0.2) is 4.98 Å². The summed E-state index contributed by atoms with van der Waals surface area (Å²) in [4.78, 5) is 12.3. The summed E-state index contributed by atoms with van der Waals surface area (Å²) in [6.45, 7) is 7.95. The molecule has 2 aromatic rings. The van der Waals surface area contributed by atoms with Crippen LogP contribution in [0.5, 0.6) is 0 Å². The molecular weight excluding hydrogens is 326 g/mol. The van der Waals surface area contributed by atoms with Gasteiger partial charge in [-0.3, -0.25) is 4.99 Å². The molecule has 4 atom stereocenters. The Kier molecular flexibility index (Phi) is 4.67. The predicted octanol–water partition coefficient (Wildman–Crippen LogP) is 5.10. The smallest absolute Gasteiger partial charge is 0.0970 e. The Bertz CT molecular complexity index is 782. The van der Waals surface area contributed by atoms with Gasteiger partial charge in [0.25, 0.3) is 0 Å². The zero-order chi connectivity index (χ0) is 17.6. The topological polar surface area (TPSA) is 28.5 Å². The first-order valence-electron chi connectivity index (χ1n) is 9.67. The standard InChI is InChI=1S/C21H29N3S/c1-13-5-7-18(22-12-13)16-6-8-20-19(11-16)23-21(25-20)17-9-14(2)24(4)15(3)10-17/h6,8,11,13-15,17H,5,7,9-10,12H2,1-4H3/t13-,14-,15+,17?/m0/s1. The zero-order valence-electron chi connectivity index (χ0n) is 15.8. The van der Waals surface area contributed by atoms with E-state index in [0.717, 1.165) is 24.4 Å². The Labute approximate surface area is 155 Å². The highest BCUT2D eigenvalue weighted by Crippen LogP contribution is 2.38. The van der Waals surface area contributed by atoms with Crippen LogP contribution in [-0.4, -0.2) is 41.3 Å². The van der Waals surface area contributed by atoms with E-state index in [4.69, 9.17) is 9.98 Å². The fourth-order valence-electron chi connectivity index (χ4n) is 4.24. The number of nitrogens with zero attached hydrogens (tertiary/aromatic N) is 3. The highest BCUT2D eigenvalue weighted by molar-refractivity contribution is 7.18. The van der Waals surface area contributed by atoms with Crippen molar-refractivity contribution in [3.63, 3.8) is 0 Å². The highest BCUT2D eigenvalue weighted by Gasteiger charge is 2.30. The van der Waals surface area contributed by atoms with Crippen LogP contribution in [-0.2, 0) is 0 Å². The molecule has 0 N–H and O–H groups in total. The number of piperidine rings is 1. The molecule has 3 heterocycles. The normalized spacial score (nSPS) is 31.3. The Hall–Kier alpha value is -1.26. The summed E-state index contributed by atoms with van der Waals surface area (Å²) in [5.74, 6) is 1.33. The molecule has 3 nitrogen and oxygen atoms in total. The number of benzene rings is 1. The predicted molar refractivity (Wildman–Crippen MR) is 108 cm³/mol. The Balaban J connectivity index is 1.60. The molecule has 25 heavy (non-hydrogen) atoms. The van der Waals surface area contributed by atoms with Crippen molar-refractivity contribution >= 4 is 27.3 Å². The number of aliphatic imine (C=N–C) groups is 1. The first kappa shape index (κ1) is 17.2. The van der Waals surface area contributed by atoms with Crippen LogP contribution in [0.4, 0.5) is 0 Å². The summed E-state index contributed by atoms with van der Waals surface area (Å²) in [6.07, 6.45) is 4.80. The van der Waals surface area contributed by atoms with E-state index >= 15 is 0 Å². The van der Waals surface area contributed by atoms with E-state index in [9.17, 15) is 0 Å². The van der Waals surface area contributed by atoms with Gasteiger partial charge in [-0.05, 0) is 70.2 Å². The second-order valence-electron chi connectivity index (χ2n) is 8.20. The number of hydrogen-bond donors (Lipinski definition) is 0. The quantitative estimate of drug-likeness (QED) is 0.749. The van der Waals surface area contributed by atoms with Crippen molar-refractivity contribution in [3.8, 4) is 0 Å². The lowest BCUT2D eigenvalue weighted by molar-refractivity contribution is 0.122. The maximum absolute atomic E-state index is 5.05. The van der Waals surface area contributed by atoms with E-state index in [1.54, 1.807) is 0 Å². The average molecular weight is 356 g/mol. The Morgan fingerprint density at radius 2 is 1.88 bits per heavy atom. The summed E-state index contributed by atoms with van der Waals surface area (Å²) in [7, 11) is 2.25. The van der Waals surface area contributed by atoms with Crippen molar-refractivity contribution in [1.29, 1.82) is 0 Å². The van der Waals surface area contributed by atoms with Gasteiger partial charge in [-0.1, -0.05) is 13.0 Å². The molecular formula is C21H29N3S. The Morgan fingerprint density at radius 3 is 2.56 bits per heavy atom. The molecule has 0 amide bonds. The second-order valence-corrected chi connectivity index (χ2v) is 9.26. The van der Waals surface area contributed by atoms with Gasteiger partial charge in [0.05, 0.1) is 15.2 Å². The second kappa shape index (κ2) is 6.81. The molecule has 1 fully saturated rings. The molecule has 0 radical (unpaired) electrons. The van der Waals surface area contributed by atoms with Gasteiger partial charge in [-0.2, -0.15) is 0 Å². The van der Waals surface area contributed by atoms with Crippen LogP contribution in [0, 0.1) is 5.92 Å². The first-order valence-corrected chi connectivity index (χ1v) is 10.5. The van der Waals surface area contributed by atoms with E-state index in [2.05, 4.69) is 50.9 Å². The molecule has 134 valence electrons. The maximum Gasteiger partial charge on any atom is 0.0970 e. The molecule has 1 saturated heterocycles. The van der Waals surface area contributed by atoms with E-state index < -0.39 is 0 Å². The lowest BCUT2D eigenvalue weighted by Crippen LogP contribution is -2.43. The molecule has 0 saturated carbocycles. The summed E-state index contributed by atoms with van der Waals surface area (Å²) in [5, 5.41) is 1.33. The van der Waals surface area contributed by atoms with Crippen molar-refractivity contribution in [2.45, 2.75) is 64.5 Å². The van der Waals surface area contributed by atoms with Crippen molar-refractivity contribution in [2.75, 3.05) is 13.6 Å². The highest BCUT2D eigenvalue weighted by atomic mass is 32.1. The van der Waals surface area contributed by atoms with Gasteiger partial charge >= 0.3 is 0 Å². The zero-order valence-corrected chi connectivity index (χ0v) is 16.6. The summed E-state index contributed by atoms with van der Waals surface area (Å²) >= 11 is 1.90. The molecule has 0 spiro atoms. The number of hydrogen-bond acceptors (Lipinski definition) is 4. The van der Waals surface area contributed by atoms with Gasteiger partial charge in [0.2, 0.25) is 0 Å². The molecule has 4 rings (SSSR count). The van der Waals surface area contributed by atoms with Crippen molar-refractivity contribution < 1.29 is 0 Å². The van der Waals surface area contributed by atoms with Crippen LogP contribution in [0.25, 0.3) is 10.2 Å². The monoisotopic (exact) mass is 355 g/mol. The SMILES string of the molecule is C[C@H]1CCC(c2ccc3sc(C4C[C@@H](C)N(C)[C@@H](C)C4)nc3c2)=NC1. The molecule has 0 bridgehead atoms. The maximum atomic E-state index is 5.05. The minimum atomic E-state index is 0.606. The van der Waals surface area contributed by atoms with Crippen LogP contribution < -0.4 is 0 Å². The van der Waals surface area contributed by atoms with E-state index in [-0.39, 0.29) is 0 Å². The summed E-state index contributed by atoms with van der Waals surface area (Å²) in [5.41, 5.74) is 3.72. The average Bonchev–Trinajstić information content (AvgIpc) is 3.03. The van der Waals surface area contributed by atoms with E-state index in [0.29, 0.717) is 18.0 Å². The van der Waals surface area contributed by atoms with E-state index in [1.807, 2.05) is 11.3 Å². The van der Waals surface area contributed by atoms with Crippen LogP contribution >= 0.6 is 11.3 Å². The number of aromatic nitrogens is 1. The molecule has 4 heteroatoms. The van der Waals surface area contributed by atoms with Crippen molar-refractivity contribution in [3.05, 3.63) is 28.8 Å². The third-order valence-electron chi connectivity index (χ3n) is 6.20. The number of fused-ring (bicyclic) bond motifs is 1. The fourth-order valence-corrected chi connectivity index (χ4v) is 5.32. The molecule has 2 aliphatic rings. The van der Waals surface area contributed by atoms with Crippen LogP contribution in [0.3, 0.4) is 0 Å². The lowest BCUT2D eigenvalue weighted by atomic mass is 9.88. The summed E-state index contributed by atoms with van der Waals surface area (Å²) in [6, 6.07) is 8.05. The largest absolute Gasteiger partial charge is 0.301 e. The molecule has 0 aliphatic carbocycles. The van der Waals surface area contributed by atoms with Crippen LogP contribution in [0.2, 0.25) is 0 Å². The number of rotatable bonds is 2. The molecule has 1 aromatic carbocycles. The van der Waals surface area contributed by atoms with Gasteiger partial charge in [-0.15, -0.1) is 11.3 Å². The van der Waals surface area contributed by atoms with Gasteiger partial charge in [0, 0.05) is 30.3 Å². The van der Waals surface area contributed by atoms with Crippen LogP contribution in [0.1, 0.15) is 62.9 Å². The lowest BCUT2D eigenvalue weighted by Gasteiger charge is -2.39. The fraction of sp³-hybridized carbons (Fsp3) is 0.619. The number of thiazole rings is 1. The summed E-state index contributed by atoms with van der Waals surface area (Å²) < 4.78 is 1.32. The first-order chi connectivity index (χ1) is 12.0. The van der Waals surface area contributed by atoms with E-state index in [1.165, 1.54) is 40.2 Å². The molecule has 2 aliphatic heterocycles. The number of likely N-dealkylation sites (tertiary alicyclic amines) is 1. The van der Waals surface area contributed by atoms with Crippen molar-refractivity contribution in [2.24, 2.45) is 10.9 Å². The minimum Gasteiger partial charge on any atom is -0.301 e. The minimum absolute atomic E-state index is 0.606. The molecule has 1 unspecified atom stereocenters. The Morgan fingerprint density at radius 1 is 1.12 bits per heavy atom. The van der Waals surface area contributed by atoms with Crippen molar-refractivity contribution in [1.82, 2.24) is 9.88 Å². The van der Waals surface area contributed by atoms with Gasteiger partial charge in [0.1, 0.15) is 0 Å². The van der Waals surface area contributed by atoms with Crippen LogP contribution in [0.15, 0.2) is 23.2 Å². The third kappa shape index (κ3) is 3.39. The van der Waals surface area contributed by atoms with Gasteiger partial charge in [0.15, 0.2) is 0 Å². The third-order valence-corrected chi connectivity index (χ3v) is 7.39.